The summed E-state index contributed by atoms with van der Waals surface area (Å²) >= 11 is 3.51. The number of methoxy groups -OCH3 is 1. The molecule has 3 nitrogen and oxygen atoms in total. The number of hydrogen-bond donors (Lipinski definition) is 0. The summed E-state index contributed by atoms with van der Waals surface area (Å²) in [6.45, 7) is 1.98. The van der Waals surface area contributed by atoms with Gasteiger partial charge in [0.25, 0.3) is 0 Å². The minimum absolute atomic E-state index is 0.360. The van der Waals surface area contributed by atoms with Gasteiger partial charge in [-0.25, -0.2) is 4.79 Å². The molecule has 4 heteroatoms. The third-order valence-electron chi connectivity index (χ3n) is 2.97. The van der Waals surface area contributed by atoms with Crippen LogP contribution in [0.25, 0.3) is 0 Å². The third-order valence-corrected chi connectivity index (χ3v) is 3.63. The number of ether oxygens (including phenoxy) is 1. The van der Waals surface area contributed by atoms with Crippen LogP contribution < -0.4 is 4.74 Å². The molecule has 0 amide bonds. The fourth-order valence-corrected chi connectivity index (χ4v) is 2.70. The number of hydrogen-bond acceptors (Lipinski definition) is 3. The molecule has 0 unspecified atom stereocenters. The monoisotopic (exact) mass is 281 g/mol. The van der Waals surface area contributed by atoms with Gasteiger partial charge in [-0.1, -0.05) is 15.9 Å². The Morgan fingerprint density at radius 2 is 2.19 bits per heavy atom. The Bertz CT molecular complexity index is 474. The van der Waals surface area contributed by atoms with E-state index in [1.54, 1.807) is 13.2 Å². The highest BCUT2D eigenvalue weighted by Crippen LogP contribution is 2.52. The van der Waals surface area contributed by atoms with E-state index in [4.69, 9.17) is 4.74 Å². The maximum atomic E-state index is 10.4. The fraction of sp³-hybridized carbons (Fsp3) is 0.417. The van der Waals surface area contributed by atoms with Crippen molar-refractivity contribution in [1.82, 2.24) is 0 Å². The van der Waals surface area contributed by atoms with Crippen LogP contribution in [-0.2, 0) is 10.3 Å². The molecule has 0 saturated heterocycles. The van der Waals surface area contributed by atoms with E-state index < -0.39 is 0 Å². The molecule has 0 radical (unpaired) electrons. The Morgan fingerprint density at radius 3 is 2.69 bits per heavy atom. The van der Waals surface area contributed by atoms with Gasteiger partial charge in [0, 0.05) is 4.47 Å². The molecule has 1 fully saturated rings. The van der Waals surface area contributed by atoms with Crippen LogP contribution in [0.2, 0.25) is 0 Å². The zero-order chi connectivity index (χ0) is 11.8. The van der Waals surface area contributed by atoms with Crippen LogP contribution in [0.1, 0.15) is 24.0 Å². The Balaban J connectivity index is 2.53. The SMILES string of the molecule is COc1cc(C2(N=C=O)CC2)c(Br)cc1C. The Kier molecular flexibility index (Phi) is 2.87. The number of halogens is 1. The highest BCUT2D eigenvalue weighted by Gasteiger charge is 2.46. The molecule has 0 aliphatic heterocycles. The van der Waals surface area contributed by atoms with Crippen LogP contribution >= 0.6 is 15.9 Å². The third kappa shape index (κ3) is 1.79. The molecule has 1 aromatic rings. The number of isocyanates is 1. The van der Waals surface area contributed by atoms with Crippen molar-refractivity contribution in [1.29, 1.82) is 0 Å². The van der Waals surface area contributed by atoms with Gasteiger partial charge in [-0.05, 0) is 43.0 Å². The van der Waals surface area contributed by atoms with Crippen molar-refractivity contribution in [3.63, 3.8) is 0 Å². The molecule has 0 atom stereocenters. The average Bonchev–Trinajstić information content (AvgIpc) is 2.99. The maximum Gasteiger partial charge on any atom is 0.235 e. The lowest BCUT2D eigenvalue weighted by molar-refractivity contribution is 0.410. The van der Waals surface area contributed by atoms with Crippen molar-refractivity contribution >= 4 is 22.0 Å². The summed E-state index contributed by atoms with van der Waals surface area (Å²) in [6, 6.07) is 3.95. The van der Waals surface area contributed by atoms with Gasteiger partial charge in [0.05, 0.1) is 12.6 Å². The Hall–Kier alpha value is -1.12. The lowest BCUT2D eigenvalue weighted by Gasteiger charge is -2.14. The molecule has 1 aliphatic carbocycles. The zero-order valence-corrected chi connectivity index (χ0v) is 10.8. The van der Waals surface area contributed by atoms with Gasteiger partial charge < -0.3 is 4.74 Å². The number of nitrogens with zero attached hydrogens (tertiary/aromatic N) is 1. The predicted octanol–water partition coefficient (Wildman–Crippen LogP) is 3.09. The normalized spacial score (nSPS) is 16.4. The van der Waals surface area contributed by atoms with Crippen LogP contribution in [-0.4, -0.2) is 13.2 Å². The second-order valence-corrected chi connectivity index (χ2v) is 4.89. The first kappa shape index (κ1) is 11.4. The molecule has 2 rings (SSSR count). The van der Waals surface area contributed by atoms with Crippen LogP contribution in [0.15, 0.2) is 21.6 Å². The first-order valence-electron chi connectivity index (χ1n) is 5.06. The van der Waals surface area contributed by atoms with E-state index in [-0.39, 0.29) is 5.54 Å². The quantitative estimate of drug-likeness (QED) is 0.631. The molecule has 0 spiro atoms. The van der Waals surface area contributed by atoms with Gasteiger partial charge in [0.2, 0.25) is 6.08 Å². The summed E-state index contributed by atoms with van der Waals surface area (Å²) in [5, 5.41) is 0. The van der Waals surface area contributed by atoms with E-state index in [1.165, 1.54) is 0 Å². The Morgan fingerprint density at radius 1 is 1.50 bits per heavy atom. The van der Waals surface area contributed by atoms with E-state index in [9.17, 15) is 4.79 Å². The van der Waals surface area contributed by atoms with Crippen molar-refractivity contribution in [2.24, 2.45) is 4.99 Å². The minimum Gasteiger partial charge on any atom is -0.496 e. The summed E-state index contributed by atoms with van der Waals surface area (Å²) in [5.41, 5.74) is 1.71. The van der Waals surface area contributed by atoms with Gasteiger partial charge in [0.15, 0.2) is 0 Å². The van der Waals surface area contributed by atoms with Crippen molar-refractivity contribution in [3.05, 3.63) is 27.7 Å². The van der Waals surface area contributed by atoms with Gasteiger partial charge >= 0.3 is 0 Å². The van der Waals surface area contributed by atoms with Gasteiger partial charge in [0.1, 0.15) is 5.75 Å². The summed E-state index contributed by atoms with van der Waals surface area (Å²) < 4.78 is 6.26. The number of carbonyl (C=O) groups excluding carboxylic acids is 1. The molecular weight excluding hydrogens is 270 g/mol. The zero-order valence-electron chi connectivity index (χ0n) is 9.21. The van der Waals surface area contributed by atoms with Crippen molar-refractivity contribution in [3.8, 4) is 5.75 Å². The van der Waals surface area contributed by atoms with Crippen LogP contribution in [0.3, 0.4) is 0 Å². The smallest absolute Gasteiger partial charge is 0.235 e. The summed E-state index contributed by atoms with van der Waals surface area (Å²) in [5.74, 6) is 0.825. The summed E-state index contributed by atoms with van der Waals surface area (Å²) in [4.78, 5) is 14.3. The van der Waals surface area contributed by atoms with Crippen LogP contribution in [0, 0.1) is 6.92 Å². The van der Waals surface area contributed by atoms with Gasteiger partial charge in [-0.15, -0.1) is 0 Å². The van der Waals surface area contributed by atoms with Gasteiger partial charge in [-0.2, -0.15) is 4.99 Å². The molecule has 0 heterocycles. The minimum atomic E-state index is -0.360. The molecule has 0 aromatic heterocycles. The highest BCUT2D eigenvalue weighted by atomic mass is 79.9. The van der Waals surface area contributed by atoms with Crippen molar-refractivity contribution < 1.29 is 9.53 Å². The van der Waals surface area contributed by atoms with Crippen LogP contribution in [0.4, 0.5) is 0 Å². The Labute approximate surface area is 103 Å². The first-order valence-corrected chi connectivity index (χ1v) is 5.86. The van der Waals surface area contributed by atoms with Crippen molar-refractivity contribution in [2.75, 3.05) is 7.11 Å². The first-order chi connectivity index (χ1) is 7.63. The largest absolute Gasteiger partial charge is 0.496 e. The molecule has 84 valence electrons. The average molecular weight is 282 g/mol. The fourth-order valence-electron chi connectivity index (χ4n) is 1.88. The number of benzene rings is 1. The number of rotatable bonds is 3. The summed E-state index contributed by atoms with van der Waals surface area (Å²) in [6.07, 6.45) is 3.45. The van der Waals surface area contributed by atoms with E-state index in [0.29, 0.717) is 0 Å². The lowest BCUT2D eigenvalue weighted by atomic mass is 10.0. The molecule has 0 bridgehead atoms. The van der Waals surface area contributed by atoms with E-state index >= 15 is 0 Å². The van der Waals surface area contributed by atoms with E-state index in [1.807, 2.05) is 19.1 Å². The predicted molar refractivity (Wildman–Crippen MR) is 64.5 cm³/mol. The molecule has 16 heavy (non-hydrogen) atoms. The van der Waals surface area contributed by atoms with Crippen LogP contribution in [0.5, 0.6) is 5.75 Å². The standard InChI is InChI=1S/C12H12BrNO2/c1-8-5-10(13)9(6-11(8)16-2)12(3-4-12)14-7-15/h5-6H,3-4H2,1-2H3. The maximum absolute atomic E-state index is 10.4. The van der Waals surface area contributed by atoms with E-state index in [0.717, 1.165) is 34.2 Å². The second-order valence-electron chi connectivity index (χ2n) is 4.04. The molecule has 1 aromatic carbocycles. The number of aliphatic imine (C=N–C) groups is 1. The number of aryl methyl sites for hydroxylation is 1. The summed E-state index contributed by atoms with van der Waals surface area (Å²) in [7, 11) is 1.64. The molecule has 1 saturated carbocycles. The van der Waals surface area contributed by atoms with Crippen molar-refractivity contribution in [2.45, 2.75) is 25.3 Å². The second kappa shape index (κ2) is 4.04. The van der Waals surface area contributed by atoms with E-state index in [2.05, 4.69) is 20.9 Å². The molecule has 0 N–H and O–H groups in total. The highest BCUT2D eigenvalue weighted by molar-refractivity contribution is 9.10. The topological polar surface area (TPSA) is 38.7 Å². The lowest BCUT2D eigenvalue weighted by Crippen LogP contribution is -2.04. The van der Waals surface area contributed by atoms with Gasteiger partial charge in [-0.3, -0.25) is 0 Å². The molecular formula is C12H12BrNO2. The molecule has 1 aliphatic rings.